The molecule has 5 heteroatoms. The molecule has 1 aliphatic heterocycles. The van der Waals surface area contributed by atoms with Crippen LogP contribution in [0.1, 0.15) is 39.2 Å². The van der Waals surface area contributed by atoms with E-state index in [-0.39, 0.29) is 5.91 Å². The van der Waals surface area contributed by atoms with Gasteiger partial charge in [0, 0.05) is 5.69 Å². The zero-order chi connectivity index (χ0) is 15.8. The summed E-state index contributed by atoms with van der Waals surface area (Å²) in [5.41, 5.74) is 1.69. The number of imide groups is 1. The Morgan fingerprint density at radius 3 is 2.67 bits per heavy atom. The largest absolute Gasteiger partial charge is 0.299 e. The third-order valence-corrected chi connectivity index (χ3v) is 3.24. The van der Waals surface area contributed by atoms with Crippen LogP contribution in [0.3, 0.4) is 0 Å². The molecule has 5 nitrogen and oxygen atoms in total. The van der Waals surface area contributed by atoms with Crippen LogP contribution in [0.2, 0.25) is 0 Å². The van der Waals surface area contributed by atoms with Crippen LogP contribution in [0.4, 0.5) is 5.69 Å². The number of amides is 3. The van der Waals surface area contributed by atoms with E-state index in [1.807, 2.05) is 45.0 Å². The van der Waals surface area contributed by atoms with E-state index in [1.54, 1.807) is 0 Å². The Morgan fingerprint density at radius 1 is 1.38 bits per heavy atom. The fourth-order valence-corrected chi connectivity index (χ4v) is 2.42. The van der Waals surface area contributed by atoms with Crippen LogP contribution in [0, 0.1) is 0 Å². The van der Waals surface area contributed by atoms with Crippen molar-refractivity contribution in [1.82, 2.24) is 5.32 Å². The zero-order valence-electron chi connectivity index (χ0n) is 12.8. The van der Waals surface area contributed by atoms with Gasteiger partial charge in [-0.1, -0.05) is 45.4 Å². The second-order valence-electron chi connectivity index (χ2n) is 4.50. The van der Waals surface area contributed by atoms with E-state index >= 15 is 0 Å². The van der Waals surface area contributed by atoms with Crippen molar-refractivity contribution in [2.24, 2.45) is 0 Å². The molecule has 0 saturated heterocycles. The van der Waals surface area contributed by atoms with E-state index in [2.05, 4.69) is 5.32 Å². The van der Waals surface area contributed by atoms with Crippen molar-refractivity contribution in [3.8, 4) is 0 Å². The van der Waals surface area contributed by atoms with Gasteiger partial charge >= 0.3 is 0 Å². The third-order valence-electron chi connectivity index (χ3n) is 3.24. The van der Waals surface area contributed by atoms with Gasteiger partial charge in [-0.2, -0.15) is 0 Å². The van der Waals surface area contributed by atoms with Gasteiger partial charge in [0.2, 0.25) is 18.2 Å². The van der Waals surface area contributed by atoms with Gasteiger partial charge in [-0.15, -0.1) is 0 Å². The first-order valence-electron chi connectivity index (χ1n) is 7.33. The van der Waals surface area contributed by atoms with E-state index in [0.29, 0.717) is 19.3 Å². The maximum absolute atomic E-state index is 12.1. The molecule has 114 valence electrons. The van der Waals surface area contributed by atoms with Gasteiger partial charge < -0.3 is 0 Å². The zero-order valence-corrected chi connectivity index (χ0v) is 12.8. The Balaban J connectivity index is 0.00000106. The summed E-state index contributed by atoms with van der Waals surface area (Å²) < 4.78 is 0. The highest BCUT2D eigenvalue weighted by Gasteiger charge is 2.35. The summed E-state index contributed by atoms with van der Waals surface area (Å²) in [5.74, 6) is -0.525. The molecule has 1 N–H and O–H groups in total. The first-order valence-corrected chi connectivity index (χ1v) is 7.33. The summed E-state index contributed by atoms with van der Waals surface area (Å²) in [6.45, 7) is 5.94. The summed E-state index contributed by atoms with van der Waals surface area (Å²) in [6.07, 6.45) is 1.95. The summed E-state index contributed by atoms with van der Waals surface area (Å²) in [5, 5.41) is 2.15. The van der Waals surface area contributed by atoms with Crippen LogP contribution in [0.15, 0.2) is 24.3 Å². The molecule has 3 amide bonds. The topological polar surface area (TPSA) is 66.5 Å². The van der Waals surface area contributed by atoms with Crippen molar-refractivity contribution in [2.75, 3.05) is 4.90 Å². The van der Waals surface area contributed by atoms with Gasteiger partial charge in [0.05, 0.1) is 6.42 Å². The Labute approximate surface area is 125 Å². The molecule has 1 aromatic carbocycles. The highest BCUT2D eigenvalue weighted by atomic mass is 16.2. The van der Waals surface area contributed by atoms with Crippen LogP contribution < -0.4 is 10.2 Å². The molecule has 1 unspecified atom stereocenters. The van der Waals surface area contributed by atoms with Gasteiger partial charge in [0.15, 0.2) is 0 Å². The van der Waals surface area contributed by atoms with Gasteiger partial charge in [-0.25, -0.2) is 0 Å². The number of carbonyl (C=O) groups is 3. The SMILES string of the molecule is CC.CCCC(C(=O)NC=O)N1C(=O)Cc2ccccc21. The lowest BCUT2D eigenvalue weighted by Crippen LogP contribution is -2.48. The Bertz CT molecular complexity index is 514. The highest BCUT2D eigenvalue weighted by molar-refractivity contribution is 6.07. The molecule has 1 heterocycles. The van der Waals surface area contributed by atoms with Crippen LogP contribution in [-0.2, 0) is 20.8 Å². The van der Waals surface area contributed by atoms with E-state index in [1.165, 1.54) is 4.90 Å². The van der Waals surface area contributed by atoms with E-state index < -0.39 is 11.9 Å². The number of hydrogen-bond acceptors (Lipinski definition) is 3. The minimum Gasteiger partial charge on any atom is -0.299 e. The van der Waals surface area contributed by atoms with Crippen LogP contribution in [-0.4, -0.2) is 24.3 Å². The predicted molar refractivity (Wildman–Crippen MR) is 81.9 cm³/mol. The number of nitrogens with zero attached hydrogens (tertiary/aromatic N) is 1. The molecule has 0 saturated carbocycles. The van der Waals surface area contributed by atoms with Crippen LogP contribution in [0.25, 0.3) is 0 Å². The predicted octanol–water partition coefficient (Wildman–Crippen LogP) is 2.04. The normalized spacial score (nSPS) is 13.9. The minimum absolute atomic E-state index is 0.0966. The maximum Gasteiger partial charge on any atom is 0.249 e. The number of hydrogen-bond donors (Lipinski definition) is 1. The average molecular weight is 290 g/mol. The number of rotatable bonds is 5. The molecular weight excluding hydrogens is 268 g/mol. The van der Waals surface area contributed by atoms with Crippen LogP contribution in [0.5, 0.6) is 0 Å². The fraction of sp³-hybridized carbons (Fsp3) is 0.438. The summed E-state index contributed by atoms with van der Waals surface area (Å²) in [4.78, 5) is 36.0. The molecule has 0 fully saturated rings. The summed E-state index contributed by atoms with van der Waals surface area (Å²) in [7, 11) is 0. The van der Waals surface area contributed by atoms with Crippen molar-refractivity contribution < 1.29 is 14.4 Å². The molecule has 1 aliphatic rings. The summed E-state index contributed by atoms with van der Waals surface area (Å²) in [6, 6.07) is 6.80. The molecule has 0 radical (unpaired) electrons. The summed E-state index contributed by atoms with van der Waals surface area (Å²) >= 11 is 0. The van der Waals surface area contributed by atoms with Gasteiger partial charge in [-0.3, -0.25) is 24.6 Å². The van der Waals surface area contributed by atoms with E-state index in [9.17, 15) is 14.4 Å². The number of benzene rings is 1. The fourth-order valence-electron chi connectivity index (χ4n) is 2.42. The number of carbonyl (C=O) groups excluding carboxylic acids is 3. The molecule has 21 heavy (non-hydrogen) atoms. The van der Waals surface area contributed by atoms with Gasteiger partial charge in [0.1, 0.15) is 6.04 Å². The number of para-hydroxylation sites is 1. The average Bonchev–Trinajstić information content (AvgIpc) is 2.83. The Morgan fingerprint density at radius 2 is 2.05 bits per heavy atom. The standard InChI is InChI=1S/C14H16N2O3.C2H6/c1-2-5-12(14(19)15-9-17)16-11-7-4-3-6-10(11)8-13(16)18;1-2/h3-4,6-7,9,12H,2,5,8H2,1H3,(H,15,17,19);1-2H3. The molecule has 1 atom stereocenters. The van der Waals surface area contributed by atoms with Crippen molar-refractivity contribution in [3.63, 3.8) is 0 Å². The first-order chi connectivity index (χ1) is 10.2. The quantitative estimate of drug-likeness (QED) is 0.844. The molecule has 0 aliphatic carbocycles. The number of nitrogens with one attached hydrogen (secondary N) is 1. The molecular formula is C16H22N2O3. The molecule has 0 bridgehead atoms. The molecule has 2 rings (SSSR count). The van der Waals surface area contributed by atoms with Crippen molar-refractivity contribution in [1.29, 1.82) is 0 Å². The van der Waals surface area contributed by atoms with Crippen LogP contribution >= 0.6 is 0 Å². The minimum atomic E-state index is -0.619. The van der Waals surface area contributed by atoms with Crippen molar-refractivity contribution in [2.45, 2.75) is 46.1 Å². The monoisotopic (exact) mass is 290 g/mol. The van der Waals surface area contributed by atoms with E-state index in [0.717, 1.165) is 17.7 Å². The first kappa shape index (κ1) is 16.9. The highest BCUT2D eigenvalue weighted by Crippen LogP contribution is 2.31. The number of anilines is 1. The second kappa shape index (κ2) is 8.19. The second-order valence-corrected chi connectivity index (χ2v) is 4.50. The smallest absolute Gasteiger partial charge is 0.249 e. The Kier molecular flexibility index (Phi) is 6.59. The van der Waals surface area contributed by atoms with Gasteiger partial charge in [-0.05, 0) is 18.1 Å². The molecule has 0 spiro atoms. The van der Waals surface area contributed by atoms with Crippen molar-refractivity contribution in [3.05, 3.63) is 29.8 Å². The van der Waals surface area contributed by atoms with Gasteiger partial charge in [0.25, 0.3) is 0 Å². The lowest BCUT2D eigenvalue weighted by atomic mass is 10.1. The van der Waals surface area contributed by atoms with Crippen molar-refractivity contribution >= 4 is 23.9 Å². The Hall–Kier alpha value is -2.17. The molecule has 0 aromatic heterocycles. The van der Waals surface area contributed by atoms with E-state index in [4.69, 9.17) is 0 Å². The molecule has 1 aromatic rings. The maximum atomic E-state index is 12.1. The lowest BCUT2D eigenvalue weighted by molar-refractivity contribution is -0.128. The number of fused-ring (bicyclic) bond motifs is 1. The lowest BCUT2D eigenvalue weighted by Gasteiger charge is -2.26. The third kappa shape index (κ3) is 3.68.